The number of nitrogens with zero attached hydrogens (tertiary/aromatic N) is 2. The highest BCUT2D eigenvalue weighted by atomic mass is 19.4. The summed E-state index contributed by atoms with van der Waals surface area (Å²) in [7, 11) is 0. The van der Waals surface area contributed by atoms with Crippen molar-refractivity contribution < 1.29 is 23.1 Å². The third-order valence-corrected chi connectivity index (χ3v) is 3.10. The van der Waals surface area contributed by atoms with Gasteiger partial charge in [-0.15, -0.1) is 0 Å². The lowest BCUT2D eigenvalue weighted by Gasteiger charge is -2.29. The fourth-order valence-corrected chi connectivity index (χ4v) is 2.08. The van der Waals surface area contributed by atoms with E-state index in [2.05, 4.69) is 4.98 Å². The maximum absolute atomic E-state index is 12.6. The van der Waals surface area contributed by atoms with Crippen molar-refractivity contribution in [3.63, 3.8) is 0 Å². The van der Waals surface area contributed by atoms with Gasteiger partial charge in [-0.3, -0.25) is 0 Å². The van der Waals surface area contributed by atoms with Gasteiger partial charge in [0.15, 0.2) is 0 Å². The highest BCUT2D eigenvalue weighted by molar-refractivity contribution is 5.86. The summed E-state index contributed by atoms with van der Waals surface area (Å²) in [4.78, 5) is 16.4. The van der Waals surface area contributed by atoms with Gasteiger partial charge in [-0.05, 0) is 24.6 Å². The number of rotatable bonds is 3. The van der Waals surface area contributed by atoms with Gasteiger partial charge in [-0.2, -0.15) is 13.2 Å². The van der Waals surface area contributed by atoms with E-state index < -0.39 is 17.7 Å². The molecule has 1 aromatic rings. The van der Waals surface area contributed by atoms with Gasteiger partial charge < -0.3 is 10.0 Å². The molecule has 0 amide bonds. The topological polar surface area (TPSA) is 53.4 Å². The smallest absolute Gasteiger partial charge is 0.412 e. The average molecular weight is 298 g/mol. The van der Waals surface area contributed by atoms with Crippen LogP contribution in [-0.2, 0) is 4.79 Å². The van der Waals surface area contributed by atoms with Crippen LogP contribution in [0.4, 0.5) is 19.0 Å². The molecule has 21 heavy (non-hydrogen) atoms. The summed E-state index contributed by atoms with van der Waals surface area (Å²) in [5.41, 5.74) is 0.0288. The molecular weight excluding hydrogens is 285 g/mol. The average Bonchev–Trinajstić information content (AvgIpc) is 2.44. The van der Waals surface area contributed by atoms with Crippen LogP contribution in [0.5, 0.6) is 0 Å². The molecule has 1 aromatic heterocycles. The molecule has 7 heteroatoms. The molecule has 0 fully saturated rings. The number of hydrogen-bond acceptors (Lipinski definition) is 3. The maximum atomic E-state index is 12.6. The van der Waals surface area contributed by atoms with Crippen molar-refractivity contribution >= 4 is 17.9 Å². The van der Waals surface area contributed by atoms with Crippen LogP contribution in [0.3, 0.4) is 0 Å². The van der Waals surface area contributed by atoms with E-state index >= 15 is 0 Å². The fraction of sp³-hybridized carbons (Fsp3) is 0.286. The second-order valence-corrected chi connectivity index (χ2v) is 4.51. The zero-order valence-corrected chi connectivity index (χ0v) is 11.0. The van der Waals surface area contributed by atoms with Gasteiger partial charge in [0.2, 0.25) is 0 Å². The molecule has 2 rings (SSSR count). The van der Waals surface area contributed by atoms with Crippen molar-refractivity contribution in [3.8, 4) is 0 Å². The van der Waals surface area contributed by atoms with Crippen LogP contribution in [-0.4, -0.2) is 35.3 Å². The molecule has 0 bridgehead atoms. The van der Waals surface area contributed by atoms with Gasteiger partial charge in [-0.25, -0.2) is 9.78 Å². The Hall–Kier alpha value is -2.31. The molecule has 1 aliphatic rings. The van der Waals surface area contributed by atoms with Gasteiger partial charge in [0, 0.05) is 36.5 Å². The SMILES string of the molecule is O=C(O)/C=C/c1cccnc1N1CC=C(C(F)(F)F)CC1. The van der Waals surface area contributed by atoms with E-state index in [9.17, 15) is 18.0 Å². The summed E-state index contributed by atoms with van der Waals surface area (Å²) in [6.45, 7) is 0.288. The minimum Gasteiger partial charge on any atom is -0.478 e. The number of hydrogen-bond donors (Lipinski definition) is 1. The first-order valence-electron chi connectivity index (χ1n) is 6.25. The first-order valence-corrected chi connectivity index (χ1v) is 6.25. The molecule has 0 atom stereocenters. The Labute approximate surface area is 119 Å². The predicted octanol–water partition coefficient (Wildman–Crippen LogP) is 2.88. The molecule has 4 nitrogen and oxygen atoms in total. The van der Waals surface area contributed by atoms with Crippen molar-refractivity contribution in [1.29, 1.82) is 0 Å². The highest BCUT2D eigenvalue weighted by Crippen LogP contribution is 2.31. The number of aromatic nitrogens is 1. The first kappa shape index (κ1) is 15.1. The molecule has 0 aromatic carbocycles. The monoisotopic (exact) mass is 298 g/mol. The van der Waals surface area contributed by atoms with Crippen LogP contribution < -0.4 is 4.90 Å². The van der Waals surface area contributed by atoms with E-state index in [1.54, 1.807) is 17.0 Å². The van der Waals surface area contributed by atoms with Crippen molar-refractivity contribution in [2.75, 3.05) is 18.0 Å². The summed E-state index contributed by atoms with van der Waals surface area (Å²) < 4.78 is 37.7. The van der Waals surface area contributed by atoms with Crippen LogP contribution in [0.1, 0.15) is 12.0 Å². The predicted molar refractivity (Wildman–Crippen MR) is 71.9 cm³/mol. The zero-order valence-electron chi connectivity index (χ0n) is 11.0. The van der Waals surface area contributed by atoms with Crippen LogP contribution in [0.25, 0.3) is 6.08 Å². The molecule has 112 valence electrons. The van der Waals surface area contributed by atoms with E-state index in [1.165, 1.54) is 12.3 Å². The largest absolute Gasteiger partial charge is 0.478 e. The summed E-state index contributed by atoms with van der Waals surface area (Å²) in [6.07, 6.45) is 0.624. The number of carboxylic acids is 1. The number of anilines is 1. The van der Waals surface area contributed by atoms with E-state index in [-0.39, 0.29) is 19.5 Å². The fourth-order valence-electron chi connectivity index (χ4n) is 2.08. The highest BCUT2D eigenvalue weighted by Gasteiger charge is 2.35. The van der Waals surface area contributed by atoms with Crippen molar-refractivity contribution in [2.24, 2.45) is 0 Å². The molecule has 0 saturated heterocycles. The Bertz CT molecular complexity index is 594. The van der Waals surface area contributed by atoms with Crippen LogP contribution in [0, 0.1) is 0 Å². The summed E-state index contributed by atoms with van der Waals surface area (Å²) in [5, 5.41) is 8.64. The summed E-state index contributed by atoms with van der Waals surface area (Å²) in [6, 6.07) is 3.32. The molecule has 1 aliphatic heterocycles. The summed E-state index contributed by atoms with van der Waals surface area (Å²) in [5.74, 6) is -0.616. The first-order chi connectivity index (χ1) is 9.88. The second-order valence-electron chi connectivity index (χ2n) is 4.51. The Kier molecular flexibility index (Phi) is 4.30. The summed E-state index contributed by atoms with van der Waals surface area (Å²) >= 11 is 0. The van der Waals surface area contributed by atoms with Gasteiger partial charge >= 0.3 is 12.1 Å². The third-order valence-electron chi connectivity index (χ3n) is 3.10. The Morgan fingerprint density at radius 1 is 1.43 bits per heavy atom. The third kappa shape index (κ3) is 3.84. The number of carbonyl (C=O) groups is 1. The quantitative estimate of drug-likeness (QED) is 0.688. The Morgan fingerprint density at radius 3 is 2.76 bits per heavy atom. The number of halogens is 3. The number of aliphatic carboxylic acids is 1. The lowest BCUT2D eigenvalue weighted by atomic mass is 10.1. The van der Waals surface area contributed by atoms with Crippen molar-refractivity contribution in [2.45, 2.75) is 12.6 Å². The van der Waals surface area contributed by atoms with E-state index in [0.717, 1.165) is 12.2 Å². The minimum atomic E-state index is -4.29. The van der Waals surface area contributed by atoms with Gasteiger partial charge in [0.05, 0.1) is 0 Å². The Morgan fingerprint density at radius 2 is 2.19 bits per heavy atom. The molecule has 0 saturated carbocycles. The molecule has 0 radical (unpaired) electrons. The molecule has 2 heterocycles. The molecular formula is C14H13F3N2O2. The number of carboxylic acid groups (broad SMARTS) is 1. The minimum absolute atomic E-state index is 0.0970. The van der Waals surface area contributed by atoms with E-state index in [0.29, 0.717) is 11.4 Å². The molecule has 0 unspecified atom stereocenters. The zero-order chi connectivity index (χ0) is 15.5. The van der Waals surface area contributed by atoms with Crippen LogP contribution >= 0.6 is 0 Å². The molecule has 0 aliphatic carbocycles. The lowest BCUT2D eigenvalue weighted by Crippen LogP contribution is -2.32. The Balaban J connectivity index is 2.21. The molecule has 1 N–H and O–H groups in total. The van der Waals surface area contributed by atoms with Crippen molar-refractivity contribution in [1.82, 2.24) is 4.98 Å². The molecule has 0 spiro atoms. The van der Waals surface area contributed by atoms with E-state index in [4.69, 9.17) is 5.11 Å². The van der Waals surface area contributed by atoms with Gasteiger partial charge in [-0.1, -0.05) is 6.08 Å². The van der Waals surface area contributed by atoms with Gasteiger partial charge in [0.1, 0.15) is 5.82 Å². The van der Waals surface area contributed by atoms with Gasteiger partial charge in [0.25, 0.3) is 0 Å². The maximum Gasteiger partial charge on any atom is 0.412 e. The standard InChI is InChI=1S/C14H13F3N2O2/c15-14(16,17)11-5-8-19(9-6-11)13-10(2-1-7-18-13)3-4-12(20)21/h1-5,7H,6,8-9H2,(H,20,21)/b4-3+. The number of pyridine rings is 1. The van der Waals surface area contributed by atoms with Crippen molar-refractivity contribution in [3.05, 3.63) is 41.6 Å². The lowest BCUT2D eigenvalue weighted by molar-refractivity contribution is -0.131. The second kappa shape index (κ2) is 5.99. The normalized spacial score (nSPS) is 16.1. The number of alkyl halides is 3. The van der Waals surface area contributed by atoms with Crippen LogP contribution in [0.15, 0.2) is 36.1 Å². The van der Waals surface area contributed by atoms with Crippen LogP contribution in [0.2, 0.25) is 0 Å². The van der Waals surface area contributed by atoms with E-state index in [1.807, 2.05) is 0 Å².